The van der Waals surface area contributed by atoms with E-state index in [0.717, 1.165) is 0 Å². The Bertz CT molecular complexity index is 974. The van der Waals surface area contributed by atoms with E-state index in [-0.39, 0.29) is 29.5 Å². The van der Waals surface area contributed by atoms with Crippen LogP contribution in [-0.4, -0.2) is 78.5 Å². The number of esters is 1. The van der Waals surface area contributed by atoms with Crippen molar-refractivity contribution in [2.45, 2.75) is 33.7 Å². The molecule has 0 saturated carbocycles. The number of urea groups is 1. The molecule has 8 nitrogen and oxygen atoms in total. The van der Waals surface area contributed by atoms with E-state index in [0.29, 0.717) is 61.1 Å². The number of rotatable bonds is 7. The molecule has 1 aromatic rings. The van der Waals surface area contributed by atoms with Crippen molar-refractivity contribution in [3.8, 4) is 0 Å². The fraction of sp³-hybridized carbons (Fsp3) is 0.542. The number of halogens is 2. The van der Waals surface area contributed by atoms with Crippen molar-refractivity contribution < 1.29 is 19.1 Å². The number of hydrogen-bond donors (Lipinski definition) is 1. The smallest absolute Gasteiger partial charge is 0.338 e. The first kappa shape index (κ1) is 26.3. The molecule has 0 spiro atoms. The highest BCUT2D eigenvalue weighted by atomic mass is 35.5. The largest absolute Gasteiger partial charge is 0.463 e. The summed E-state index contributed by atoms with van der Waals surface area (Å²) in [5.41, 5.74) is 1.45. The molecule has 1 atom stereocenters. The van der Waals surface area contributed by atoms with Gasteiger partial charge in [-0.3, -0.25) is 14.6 Å². The first-order valence-electron chi connectivity index (χ1n) is 11.6. The molecule has 34 heavy (non-hydrogen) atoms. The van der Waals surface area contributed by atoms with Crippen LogP contribution in [0.1, 0.15) is 39.3 Å². The summed E-state index contributed by atoms with van der Waals surface area (Å²) in [4.78, 5) is 44.2. The summed E-state index contributed by atoms with van der Waals surface area (Å²) < 4.78 is 5.40. The van der Waals surface area contributed by atoms with Gasteiger partial charge in [-0.15, -0.1) is 0 Å². The zero-order chi connectivity index (χ0) is 25.0. The number of nitrogens with zero attached hydrogens (tertiary/aromatic N) is 3. The van der Waals surface area contributed by atoms with Crippen LogP contribution in [0.5, 0.6) is 0 Å². The molecule has 0 aromatic heterocycles. The Morgan fingerprint density at radius 2 is 1.82 bits per heavy atom. The molecule has 2 heterocycles. The lowest BCUT2D eigenvalue weighted by molar-refractivity contribution is -0.139. The molecule has 186 valence electrons. The highest BCUT2D eigenvalue weighted by molar-refractivity contribution is 6.42. The molecular weight excluding hydrogens is 479 g/mol. The Morgan fingerprint density at radius 3 is 2.41 bits per heavy atom. The summed E-state index contributed by atoms with van der Waals surface area (Å²) in [5.74, 6) is -0.426. The number of hydrogen-bond acceptors (Lipinski definition) is 5. The third-order valence-corrected chi connectivity index (χ3v) is 6.93. The van der Waals surface area contributed by atoms with Gasteiger partial charge < -0.3 is 15.0 Å². The van der Waals surface area contributed by atoms with E-state index < -0.39 is 12.0 Å². The van der Waals surface area contributed by atoms with Gasteiger partial charge in [0, 0.05) is 50.9 Å². The van der Waals surface area contributed by atoms with Crippen LogP contribution < -0.4 is 5.32 Å². The number of carbonyl (C=O) groups is 3. The minimum absolute atomic E-state index is 0.0505. The van der Waals surface area contributed by atoms with Gasteiger partial charge in [-0.1, -0.05) is 49.2 Å². The number of ether oxygens (including phenoxy) is 1. The summed E-state index contributed by atoms with van der Waals surface area (Å²) in [6.07, 6.45) is 0. The number of carbonyl (C=O) groups excluding carboxylic acids is 3. The molecule has 3 amide bonds. The third kappa shape index (κ3) is 5.50. The second-order valence-corrected chi connectivity index (χ2v) is 9.39. The molecule has 2 aliphatic rings. The van der Waals surface area contributed by atoms with Gasteiger partial charge in [-0.05, 0) is 25.5 Å². The predicted octanol–water partition coefficient (Wildman–Crippen LogP) is 3.70. The molecule has 10 heteroatoms. The third-order valence-electron chi connectivity index (χ3n) is 6.09. The van der Waals surface area contributed by atoms with Crippen LogP contribution in [0.15, 0.2) is 29.5 Å². The summed E-state index contributed by atoms with van der Waals surface area (Å²) in [5, 5.41) is 3.52. The molecule has 0 radical (unpaired) electrons. The molecule has 1 fully saturated rings. The van der Waals surface area contributed by atoms with E-state index in [1.54, 1.807) is 30.0 Å². The van der Waals surface area contributed by atoms with E-state index >= 15 is 0 Å². The maximum Gasteiger partial charge on any atom is 0.338 e. The first-order valence-corrected chi connectivity index (χ1v) is 12.4. The number of nitrogens with one attached hydrogen (secondary N) is 1. The minimum Gasteiger partial charge on any atom is -0.463 e. The van der Waals surface area contributed by atoms with Crippen molar-refractivity contribution in [2.24, 2.45) is 5.92 Å². The van der Waals surface area contributed by atoms with Gasteiger partial charge in [0.2, 0.25) is 5.91 Å². The molecule has 0 unspecified atom stereocenters. The van der Waals surface area contributed by atoms with Gasteiger partial charge in [0.1, 0.15) is 0 Å². The van der Waals surface area contributed by atoms with Gasteiger partial charge >= 0.3 is 12.0 Å². The van der Waals surface area contributed by atoms with Gasteiger partial charge in [0.05, 0.1) is 28.3 Å². The Balaban J connectivity index is 1.99. The SMILES string of the molecule is CCOC(=O)C1=C(CN2CCN(C(=O)C(C)C)CC2)N(CC)C(=O)N[C@@H]1c1cccc(Cl)c1Cl. The van der Waals surface area contributed by atoms with Crippen molar-refractivity contribution in [2.75, 3.05) is 45.9 Å². The summed E-state index contributed by atoms with van der Waals surface area (Å²) >= 11 is 12.7. The highest BCUT2D eigenvalue weighted by Crippen LogP contribution is 2.37. The van der Waals surface area contributed by atoms with Crippen LogP contribution in [0, 0.1) is 5.92 Å². The van der Waals surface area contributed by atoms with Crippen LogP contribution in [0.25, 0.3) is 0 Å². The van der Waals surface area contributed by atoms with Crippen molar-refractivity contribution >= 4 is 41.1 Å². The Kier molecular flexibility index (Phi) is 8.84. The van der Waals surface area contributed by atoms with Crippen molar-refractivity contribution in [3.63, 3.8) is 0 Å². The average molecular weight is 511 g/mol. The van der Waals surface area contributed by atoms with Crippen molar-refractivity contribution in [3.05, 3.63) is 45.1 Å². The zero-order valence-corrected chi connectivity index (χ0v) is 21.6. The second kappa shape index (κ2) is 11.4. The zero-order valence-electron chi connectivity index (χ0n) is 20.1. The Labute approximate surface area is 210 Å². The number of piperazine rings is 1. The van der Waals surface area contributed by atoms with Crippen molar-refractivity contribution in [1.82, 2.24) is 20.0 Å². The minimum atomic E-state index is -0.792. The second-order valence-electron chi connectivity index (χ2n) is 8.61. The summed E-state index contributed by atoms with van der Waals surface area (Å²) in [6.45, 7) is 10.8. The normalized spacial score (nSPS) is 19.5. The predicted molar refractivity (Wildman–Crippen MR) is 132 cm³/mol. The molecule has 0 bridgehead atoms. The average Bonchev–Trinajstić information content (AvgIpc) is 2.80. The standard InChI is InChI=1S/C24H32Cl2N4O4/c1-5-30-18(14-28-10-12-29(13-11-28)22(31)15(3)4)19(23(32)34-6-2)21(27-24(30)33)16-8-7-9-17(25)20(16)26/h7-9,15,21H,5-6,10-14H2,1-4H3,(H,27,33)/t21-/m1/s1. The van der Waals surface area contributed by atoms with Crippen LogP contribution >= 0.6 is 23.2 Å². The Hall–Kier alpha value is -2.29. The number of benzene rings is 1. The maximum absolute atomic E-state index is 13.2. The lowest BCUT2D eigenvalue weighted by Crippen LogP contribution is -2.54. The van der Waals surface area contributed by atoms with Crippen LogP contribution in [-0.2, 0) is 14.3 Å². The van der Waals surface area contributed by atoms with Crippen molar-refractivity contribution in [1.29, 1.82) is 0 Å². The summed E-state index contributed by atoms with van der Waals surface area (Å²) in [7, 11) is 0. The lowest BCUT2D eigenvalue weighted by Gasteiger charge is -2.40. The van der Waals surface area contributed by atoms with Gasteiger partial charge in [0.25, 0.3) is 0 Å². The molecule has 3 rings (SSSR count). The molecule has 1 saturated heterocycles. The highest BCUT2D eigenvalue weighted by Gasteiger charge is 2.39. The van der Waals surface area contributed by atoms with E-state index in [4.69, 9.17) is 27.9 Å². The van der Waals surface area contributed by atoms with Crippen LogP contribution in [0.4, 0.5) is 4.79 Å². The number of amides is 3. The Morgan fingerprint density at radius 1 is 1.15 bits per heavy atom. The first-order chi connectivity index (χ1) is 16.2. The lowest BCUT2D eigenvalue weighted by atomic mass is 9.94. The van der Waals surface area contributed by atoms with E-state index in [1.807, 2.05) is 25.7 Å². The monoisotopic (exact) mass is 510 g/mol. The molecular formula is C24H32Cl2N4O4. The van der Waals surface area contributed by atoms with E-state index in [1.165, 1.54) is 0 Å². The molecule has 0 aliphatic carbocycles. The number of likely N-dealkylation sites (N-methyl/N-ethyl adjacent to an activating group) is 1. The topological polar surface area (TPSA) is 82.2 Å². The van der Waals surface area contributed by atoms with Gasteiger partial charge in [-0.2, -0.15) is 0 Å². The van der Waals surface area contributed by atoms with E-state index in [9.17, 15) is 14.4 Å². The molecule has 2 aliphatic heterocycles. The molecule has 1 N–H and O–H groups in total. The quantitative estimate of drug-likeness (QED) is 0.565. The van der Waals surface area contributed by atoms with Crippen LogP contribution in [0.3, 0.4) is 0 Å². The fourth-order valence-electron chi connectivity index (χ4n) is 4.34. The fourth-order valence-corrected chi connectivity index (χ4v) is 4.75. The molecule has 1 aromatic carbocycles. The van der Waals surface area contributed by atoms with E-state index in [2.05, 4.69) is 10.2 Å². The van der Waals surface area contributed by atoms with Gasteiger partial charge in [-0.25, -0.2) is 9.59 Å². The van der Waals surface area contributed by atoms with Crippen LogP contribution in [0.2, 0.25) is 10.0 Å². The van der Waals surface area contributed by atoms with Gasteiger partial charge in [0.15, 0.2) is 0 Å². The maximum atomic E-state index is 13.2. The summed E-state index contributed by atoms with van der Waals surface area (Å²) in [6, 6.07) is 4.02.